The van der Waals surface area contributed by atoms with Gasteiger partial charge in [-0.3, -0.25) is 4.79 Å². The first-order valence-corrected chi connectivity index (χ1v) is 7.24. The minimum absolute atomic E-state index is 0.0311. The lowest BCUT2D eigenvalue weighted by Crippen LogP contribution is -2.34. The van der Waals surface area contributed by atoms with Crippen molar-refractivity contribution in [3.8, 4) is 0 Å². The molecule has 4 heteroatoms. The summed E-state index contributed by atoms with van der Waals surface area (Å²) in [5.74, 6) is 0.0311. The van der Waals surface area contributed by atoms with Crippen molar-refractivity contribution in [3.63, 3.8) is 0 Å². The molecule has 18 heavy (non-hydrogen) atoms. The third-order valence-electron chi connectivity index (χ3n) is 3.35. The van der Waals surface area contributed by atoms with Crippen molar-refractivity contribution in [2.75, 3.05) is 11.9 Å². The van der Waals surface area contributed by atoms with E-state index < -0.39 is 0 Å². The number of rotatable bonds is 4. The molecule has 1 aromatic carbocycles. The van der Waals surface area contributed by atoms with Gasteiger partial charge in [0.05, 0.1) is 6.54 Å². The molecule has 0 bridgehead atoms. The van der Waals surface area contributed by atoms with Gasteiger partial charge in [0.15, 0.2) is 0 Å². The first-order valence-electron chi connectivity index (χ1n) is 6.44. The van der Waals surface area contributed by atoms with Gasteiger partial charge in [0.1, 0.15) is 0 Å². The molecule has 1 amide bonds. The number of anilines is 1. The van der Waals surface area contributed by atoms with Gasteiger partial charge in [0, 0.05) is 16.2 Å². The van der Waals surface area contributed by atoms with E-state index in [2.05, 4.69) is 26.6 Å². The van der Waals surface area contributed by atoms with Gasteiger partial charge < -0.3 is 10.6 Å². The monoisotopic (exact) mass is 310 g/mol. The van der Waals surface area contributed by atoms with Crippen LogP contribution >= 0.6 is 15.9 Å². The van der Waals surface area contributed by atoms with Crippen LogP contribution in [0.5, 0.6) is 0 Å². The van der Waals surface area contributed by atoms with E-state index in [9.17, 15) is 4.79 Å². The maximum Gasteiger partial charge on any atom is 0.238 e. The molecule has 1 saturated carbocycles. The highest BCUT2D eigenvalue weighted by molar-refractivity contribution is 9.10. The second-order valence-electron chi connectivity index (χ2n) is 4.87. The Labute approximate surface area is 116 Å². The number of nitrogens with one attached hydrogen (secondary N) is 2. The molecule has 1 fully saturated rings. The molecule has 0 saturated heterocycles. The number of benzene rings is 1. The Morgan fingerprint density at radius 1 is 1.39 bits per heavy atom. The predicted molar refractivity (Wildman–Crippen MR) is 77.8 cm³/mol. The maximum absolute atomic E-state index is 11.8. The maximum atomic E-state index is 11.8. The van der Waals surface area contributed by atoms with Gasteiger partial charge in [0.2, 0.25) is 5.91 Å². The minimum Gasteiger partial charge on any atom is -0.325 e. The normalized spacial score (nSPS) is 15.9. The molecule has 3 nitrogen and oxygen atoms in total. The van der Waals surface area contributed by atoms with Crippen molar-refractivity contribution in [3.05, 3.63) is 28.2 Å². The number of hydrogen-bond acceptors (Lipinski definition) is 2. The zero-order chi connectivity index (χ0) is 13.0. The Morgan fingerprint density at radius 2 is 2.11 bits per heavy atom. The van der Waals surface area contributed by atoms with Gasteiger partial charge in [-0.25, -0.2) is 0 Å². The molecule has 0 heterocycles. The zero-order valence-corrected chi connectivity index (χ0v) is 12.2. The lowest BCUT2D eigenvalue weighted by atomic mass is 10.2. The summed E-state index contributed by atoms with van der Waals surface area (Å²) in [5, 5.41) is 6.22. The standard InChI is InChI=1S/C14H19BrN2O/c1-10-8-12(6-7-13(10)15)17-14(18)9-16-11-4-2-3-5-11/h6-8,11,16H,2-5,9H2,1H3,(H,17,18). The van der Waals surface area contributed by atoms with Gasteiger partial charge >= 0.3 is 0 Å². The van der Waals surface area contributed by atoms with E-state index in [1.165, 1.54) is 25.7 Å². The molecular formula is C14H19BrN2O. The van der Waals surface area contributed by atoms with Crippen molar-refractivity contribution in [1.29, 1.82) is 0 Å². The highest BCUT2D eigenvalue weighted by atomic mass is 79.9. The van der Waals surface area contributed by atoms with Crippen LogP contribution in [0.3, 0.4) is 0 Å². The number of aryl methyl sites for hydroxylation is 1. The van der Waals surface area contributed by atoms with E-state index in [1.807, 2.05) is 25.1 Å². The molecule has 1 aromatic rings. The SMILES string of the molecule is Cc1cc(NC(=O)CNC2CCCC2)ccc1Br. The fourth-order valence-electron chi connectivity index (χ4n) is 2.29. The van der Waals surface area contributed by atoms with Gasteiger partial charge in [-0.1, -0.05) is 28.8 Å². The predicted octanol–water partition coefficient (Wildman–Crippen LogP) is 3.23. The lowest BCUT2D eigenvalue weighted by molar-refractivity contribution is -0.115. The van der Waals surface area contributed by atoms with Crippen molar-refractivity contribution >= 4 is 27.5 Å². The van der Waals surface area contributed by atoms with Crippen LogP contribution < -0.4 is 10.6 Å². The van der Waals surface area contributed by atoms with Crippen LogP contribution in [0.4, 0.5) is 5.69 Å². The van der Waals surface area contributed by atoms with Crippen LogP contribution in [0.25, 0.3) is 0 Å². The third kappa shape index (κ3) is 3.82. The van der Waals surface area contributed by atoms with E-state index >= 15 is 0 Å². The van der Waals surface area contributed by atoms with Gasteiger partial charge in [-0.15, -0.1) is 0 Å². The number of carbonyl (C=O) groups is 1. The first-order chi connectivity index (χ1) is 8.65. The fraction of sp³-hybridized carbons (Fsp3) is 0.500. The van der Waals surface area contributed by atoms with Crippen molar-refractivity contribution in [1.82, 2.24) is 5.32 Å². The molecule has 2 N–H and O–H groups in total. The Bertz CT molecular complexity index is 428. The summed E-state index contributed by atoms with van der Waals surface area (Å²) in [5.41, 5.74) is 1.98. The van der Waals surface area contributed by atoms with Crippen molar-refractivity contribution in [2.45, 2.75) is 38.6 Å². The van der Waals surface area contributed by atoms with Crippen LogP contribution in [-0.2, 0) is 4.79 Å². The van der Waals surface area contributed by atoms with Crippen molar-refractivity contribution < 1.29 is 4.79 Å². The second-order valence-corrected chi connectivity index (χ2v) is 5.73. The molecule has 0 aromatic heterocycles. The third-order valence-corrected chi connectivity index (χ3v) is 4.24. The second kappa shape index (κ2) is 6.34. The average Bonchev–Trinajstić information content (AvgIpc) is 2.84. The minimum atomic E-state index is 0.0311. The molecule has 0 atom stereocenters. The molecule has 0 radical (unpaired) electrons. The summed E-state index contributed by atoms with van der Waals surface area (Å²) >= 11 is 3.45. The van der Waals surface area contributed by atoms with E-state index in [0.29, 0.717) is 12.6 Å². The van der Waals surface area contributed by atoms with E-state index in [-0.39, 0.29) is 5.91 Å². The van der Waals surface area contributed by atoms with Crippen LogP contribution in [0.2, 0.25) is 0 Å². The number of hydrogen-bond donors (Lipinski definition) is 2. The largest absolute Gasteiger partial charge is 0.325 e. The topological polar surface area (TPSA) is 41.1 Å². The van der Waals surface area contributed by atoms with Crippen LogP contribution in [-0.4, -0.2) is 18.5 Å². The van der Waals surface area contributed by atoms with E-state index in [4.69, 9.17) is 0 Å². The first kappa shape index (κ1) is 13.6. The number of halogens is 1. The quantitative estimate of drug-likeness (QED) is 0.896. The number of amides is 1. The molecule has 1 aliphatic rings. The highest BCUT2D eigenvalue weighted by Crippen LogP contribution is 2.20. The Morgan fingerprint density at radius 3 is 2.78 bits per heavy atom. The van der Waals surface area contributed by atoms with E-state index in [1.54, 1.807) is 0 Å². The van der Waals surface area contributed by atoms with Gasteiger partial charge in [0.25, 0.3) is 0 Å². The van der Waals surface area contributed by atoms with E-state index in [0.717, 1.165) is 15.7 Å². The zero-order valence-electron chi connectivity index (χ0n) is 10.6. The average molecular weight is 311 g/mol. The molecule has 2 rings (SSSR count). The molecule has 0 aliphatic heterocycles. The summed E-state index contributed by atoms with van der Waals surface area (Å²) < 4.78 is 1.06. The molecule has 98 valence electrons. The molecule has 0 unspecified atom stereocenters. The summed E-state index contributed by atoms with van der Waals surface area (Å²) in [6.45, 7) is 2.41. The Hall–Kier alpha value is -0.870. The fourth-order valence-corrected chi connectivity index (χ4v) is 2.54. The lowest BCUT2D eigenvalue weighted by Gasteiger charge is -2.12. The van der Waals surface area contributed by atoms with Gasteiger partial charge in [-0.05, 0) is 43.5 Å². The summed E-state index contributed by atoms with van der Waals surface area (Å²) in [6, 6.07) is 6.36. The molecular weight excluding hydrogens is 292 g/mol. The van der Waals surface area contributed by atoms with Crippen LogP contribution in [0.1, 0.15) is 31.2 Å². The van der Waals surface area contributed by atoms with Gasteiger partial charge in [-0.2, -0.15) is 0 Å². The van der Waals surface area contributed by atoms with Crippen LogP contribution in [0, 0.1) is 6.92 Å². The summed E-state index contributed by atoms with van der Waals surface area (Å²) in [6.07, 6.45) is 4.96. The highest BCUT2D eigenvalue weighted by Gasteiger charge is 2.15. The number of carbonyl (C=O) groups excluding carboxylic acids is 1. The molecule has 0 spiro atoms. The smallest absolute Gasteiger partial charge is 0.238 e. The molecule has 1 aliphatic carbocycles. The summed E-state index contributed by atoms with van der Waals surface area (Å²) in [7, 11) is 0. The Kier molecular flexibility index (Phi) is 4.78. The van der Waals surface area contributed by atoms with Crippen LogP contribution in [0.15, 0.2) is 22.7 Å². The van der Waals surface area contributed by atoms with Crippen molar-refractivity contribution in [2.24, 2.45) is 0 Å². The summed E-state index contributed by atoms with van der Waals surface area (Å²) in [4.78, 5) is 11.8. The Balaban J connectivity index is 1.80.